The summed E-state index contributed by atoms with van der Waals surface area (Å²) in [5, 5.41) is 27.5. The Morgan fingerprint density at radius 1 is 1.48 bits per heavy atom. The van der Waals surface area contributed by atoms with Crippen molar-refractivity contribution >= 4 is 15.9 Å². The van der Waals surface area contributed by atoms with Crippen LogP contribution >= 0.6 is 0 Å². The minimum absolute atomic E-state index is 0.186. The van der Waals surface area contributed by atoms with Gasteiger partial charge in [-0.2, -0.15) is 8.42 Å². The number of imidazole rings is 1. The van der Waals surface area contributed by atoms with Gasteiger partial charge in [0.15, 0.2) is 0 Å². The van der Waals surface area contributed by atoms with Crippen LogP contribution in [-0.2, 0) is 20.8 Å². The molecule has 0 aliphatic heterocycles. The lowest BCUT2D eigenvalue weighted by molar-refractivity contribution is -0.389. The first kappa shape index (κ1) is 17.0. The molecule has 23 heavy (non-hydrogen) atoms. The topological polar surface area (TPSA) is 155 Å². The second kappa shape index (κ2) is 6.80. The largest absolute Gasteiger partial charge is 0.394 e. The van der Waals surface area contributed by atoms with Gasteiger partial charge in [0, 0.05) is 0 Å². The zero-order valence-electron chi connectivity index (χ0n) is 12.0. The summed E-state index contributed by atoms with van der Waals surface area (Å²) in [4.78, 5) is 13.6. The van der Waals surface area contributed by atoms with Crippen LogP contribution in [0, 0.1) is 10.1 Å². The molecule has 0 radical (unpaired) electrons. The van der Waals surface area contributed by atoms with E-state index in [0.717, 1.165) is 6.26 Å². The van der Waals surface area contributed by atoms with Crippen molar-refractivity contribution in [2.24, 2.45) is 0 Å². The van der Waals surface area contributed by atoms with E-state index in [2.05, 4.69) is 19.5 Å². The van der Waals surface area contributed by atoms with Gasteiger partial charge in [0.05, 0.1) is 32.2 Å². The quantitative estimate of drug-likeness (QED) is 0.357. The lowest BCUT2D eigenvalue weighted by Gasteiger charge is -2.12. The lowest BCUT2D eigenvalue weighted by atomic mass is 10.3. The predicted octanol–water partition coefficient (Wildman–Crippen LogP) is -1.06. The minimum atomic E-state index is -3.63. The maximum Gasteiger partial charge on any atom is 0.381 e. The fraction of sp³-hybridized carbons (Fsp3) is 0.500. The molecule has 0 amide bonds. The predicted molar refractivity (Wildman–Crippen MR) is 74.9 cm³/mol. The molecule has 126 valence electrons. The van der Waals surface area contributed by atoms with E-state index in [9.17, 15) is 23.6 Å². The van der Waals surface area contributed by atoms with Crippen LogP contribution in [0.5, 0.6) is 0 Å². The molecular weight excluding hydrogens is 332 g/mol. The summed E-state index contributed by atoms with van der Waals surface area (Å²) in [6, 6.07) is -0.719. The number of nitrogens with zero attached hydrogens (tertiary/aromatic N) is 6. The molecule has 0 bridgehead atoms. The van der Waals surface area contributed by atoms with Crippen molar-refractivity contribution in [3.63, 3.8) is 0 Å². The first-order valence-corrected chi connectivity index (χ1v) is 8.12. The van der Waals surface area contributed by atoms with Crippen LogP contribution < -0.4 is 0 Å². The van der Waals surface area contributed by atoms with Crippen molar-refractivity contribution < 1.29 is 22.6 Å². The van der Waals surface area contributed by atoms with E-state index in [1.54, 1.807) is 0 Å². The second-order valence-electron chi connectivity index (χ2n) is 4.68. The van der Waals surface area contributed by atoms with E-state index in [1.807, 2.05) is 0 Å². The Balaban J connectivity index is 2.04. The van der Waals surface area contributed by atoms with Gasteiger partial charge in [-0.05, 0) is 9.91 Å². The van der Waals surface area contributed by atoms with Gasteiger partial charge >= 0.3 is 5.82 Å². The first-order chi connectivity index (χ1) is 10.8. The van der Waals surface area contributed by atoms with E-state index < -0.39 is 27.7 Å². The van der Waals surface area contributed by atoms with Gasteiger partial charge in [0.25, 0.3) is 10.1 Å². The normalized spacial score (nSPS) is 13.1. The van der Waals surface area contributed by atoms with Crippen LogP contribution in [0.1, 0.15) is 11.7 Å². The van der Waals surface area contributed by atoms with Gasteiger partial charge in [-0.25, -0.2) is 4.68 Å². The molecule has 2 aromatic heterocycles. The Morgan fingerprint density at radius 2 is 2.22 bits per heavy atom. The van der Waals surface area contributed by atoms with Crippen molar-refractivity contribution in [2.75, 3.05) is 19.5 Å². The highest BCUT2D eigenvalue weighted by atomic mass is 32.2. The fourth-order valence-corrected chi connectivity index (χ4v) is 2.10. The van der Waals surface area contributed by atoms with E-state index in [0.29, 0.717) is 5.69 Å². The Labute approximate surface area is 130 Å². The van der Waals surface area contributed by atoms with Crippen LogP contribution in [0.3, 0.4) is 0 Å². The maximum atomic E-state index is 11.0. The Bertz CT molecular complexity index is 783. The van der Waals surface area contributed by atoms with Gasteiger partial charge < -0.3 is 19.8 Å². The fourth-order valence-electron chi connectivity index (χ4n) is 1.70. The average molecular weight is 346 g/mol. The third kappa shape index (κ3) is 4.80. The smallest absolute Gasteiger partial charge is 0.381 e. The van der Waals surface area contributed by atoms with Crippen LogP contribution in [0.2, 0.25) is 0 Å². The zero-order chi connectivity index (χ0) is 17.0. The highest BCUT2D eigenvalue weighted by Gasteiger charge is 2.16. The molecular formula is C10H14N6O6S. The summed E-state index contributed by atoms with van der Waals surface area (Å²) in [6.45, 7) is -0.491. The molecule has 2 rings (SSSR count). The Kier molecular flexibility index (Phi) is 5.02. The molecule has 1 unspecified atom stereocenters. The Morgan fingerprint density at radius 3 is 2.78 bits per heavy atom. The van der Waals surface area contributed by atoms with Gasteiger partial charge in [-0.15, -0.1) is 5.10 Å². The molecule has 0 saturated heterocycles. The van der Waals surface area contributed by atoms with Crippen LogP contribution in [0.25, 0.3) is 0 Å². The maximum absolute atomic E-state index is 11.0. The molecule has 0 aliphatic carbocycles. The number of aliphatic hydroxyl groups is 1. The van der Waals surface area contributed by atoms with E-state index in [4.69, 9.17) is 0 Å². The standard InChI is InChI=1S/C10H14N6O6S/c1-23(20,21)22-6-9(5-17)15-3-8(12-13-15)2-14-4-10(11-7-14)16(18)19/h3-4,7,9,17H,2,5-6H2,1H3. The highest BCUT2D eigenvalue weighted by molar-refractivity contribution is 7.85. The SMILES string of the molecule is CS(=O)(=O)OCC(CO)n1cc(Cn2cnc([N+](=O)[O-])c2)nn1. The van der Waals surface area contributed by atoms with Crippen molar-refractivity contribution in [1.82, 2.24) is 24.5 Å². The van der Waals surface area contributed by atoms with Crippen LogP contribution in [0.15, 0.2) is 18.7 Å². The van der Waals surface area contributed by atoms with Gasteiger partial charge in [0.2, 0.25) is 6.33 Å². The van der Waals surface area contributed by atoms with Crippen molar-refractivity contribution in [3.05, 3.63) is 34.5 Å². The number of hydrogen-bond donors (Lipinski definition) is 1. The molecule has 13 heteroatoms. The number of aliphatic hydroxyl groups excluding tert-OH is 1. The van der Waals surface area contributed by atoms with Gasteiger partial charge in [-0.1, -0.05) is 5.21 Å². The summed E-state index contributed by atoms with van der Waals surface area (Å²) < 4.78 is 29.3. The highest BCUT2D eigenvalue weighted by Crippen LogP contribution is 2.10. The summed E-state index contributed by atoms with van der Waals surface area (Å²) in [5.74, 6) is -0.285. The van der Waals surface area contributed by atoms with E-state index in [1.165, 1.54) is 28.0 Å². The molecule has 12 nitrogen and oxygen atoms in total. The molecule has 1 atom stereocenters. The van der Waals surface area contributed by atoms with Gasteiger partial charge in [-0.3, -0.25) is 4.18 Å². The molecule has 0 saturated carbocycles. The molecule has 0 spiro atoms. The monoisotopic (exact) mass is 346 g/mol. The molecule has 0 aliphatic rings. The van der Waals surface area contributed by atoms with Crippen molar-refractivity contribution in [3.8, 4) is 0 Å². The average Bonchev–Trinajstić information content (AvgIpc) is 3.08. The third-order valence-electron chi connectivity index (χ3n) is 2.77. The number of aromatic nitrogens is 5. The molecule has 2 heterocycles. The number of nitro groups is 1. The third-order valence-corrected chi connectivity index (χ3v) is 3.33. The second-order valence-corrected chi connectivity index (χ2v) is 6.32. The van der Waals surface area contributed by atoms with Gasteiger partial charge in [0.1, 0.15) is 17.9 Å². The summed E-state index contributed by atoms with van der Waals surface area (Å²) >= 11 is 0. The lowest BCUT2D eigenvalue weighted by Crippen LogP contribution is -2.21. The first-order valence-electron chi connectivity index (χ1n) is 6.30. The van der Waals surface area contributed by atoms with Crippen LogP contribution in [-0.4, -0.2) is 62.5 Å². The van der Waals surface area contributed by atoms with E-state index in [-0.39, 0.29) is 19.0 Å². The summed E-state index contributed by atoms with van der Waals surface area (Å²) in [5.41, 5.74) is 0.454. The Hall–Kier alpha value is -2.38. The van der Waals surface area contributed by atoms with Crippen molar-refractivity contribution in [1.29, 1.82) is 0 Å². The minimum Gasteiger partial charge on any atom is -0.394 e. The summed E-state index contributed by atoms with van der Waals surface area (Å²) in [6.07, 6.45) is 4.92. The number of rotatable bonds is 8. The molecule has 1 N–H and O–H groups in total. The van der Waals surface area contributed by atoms with E-state index >= 15 is 0 Å². The van der Waals surface area contributed by atoms with Crippen molar-refractivity contribution in [2.45, 2.75) is 12.6 Å². The zero-order valence-corrected chi connectivity index (χ0v) is 12.8. The summed E-state index contributed by atoms with van der Waals surface area (Å²) in [7, 11) is -3.63. The van der Waals surface area contributed by atoms with Crippen LogP contribution in [0.4, 0.5) is 5.82 Å². The molecule has 0 aromatic carbocycles. The molecule has 2 aromatic rings. The number of hydrogen-bond acceptors (Lipinski definition) is 9. The molecule has 0 fully saturated rings.